The Kier molecular flexibility index (Phi) is 5.07. The second kappa shape index (κ2) is 7.24. The molecule has 24 heavy (non-hydrogen) atoms. The summed E-state index contributed by atoms with van der Waals surface area (Å²) in [5.74, 6) is 2.36. The molecule has 2 bridgehead atoms. The number of ether oxygens (including phenoxy) is 2. The van der Waals surface area contributed by atoms with Crippen LogP contribution in [0.3, 0.4) is 0 Å². The highest BCUT2D eigenvalue weighted by Gasteiger charge is 2.42. The summed E-state index contributed by atoms with van der Waals surface area (Å²) < 4.78 is 10.1. The molecule has 0 aromatic heterocycles. The number of methoxy groups -OCH3 is 1. The zero-order chi connectivity index (χ0) is 17.1. The van der Waals surface area contributed by atoms with Crippen LogP contribution in [0.1, 0.15) is 43.0 Å². The fourth-order valence-corrected chi connectivity index (χ4v) is 4.26. The zero-order valence-electron chi connectivity index (χ0n) is 14.3. The molecule has 1 aromatic carbocycles. The van der Waals surface area contributed by atoms with E-state index in [9.17, 15) is 9.59 Å². The van der Waals surface area contributed by atoms with Crippen LogP contribution in [-0.4, -0.2) is 31.6 Å². The van der Waals surface area contributed by atoms with Gasteiger partial charge in [0.15, 0.2) is 6.61 Å². The summed E-state index contributed by atoms with van der Waals surface area (Å²) in [5.41, 5.74) is 0.458. The largest absolute Gasteiger partial charge is 0.484 e. The van der Waals surface area contributed by atoms with Crippen LogP contribution in [0.15, 0.2) is 24.3 Å². The Labute approximate surface area is 142 Å². The molecule has 4 unspecified atom stereocenters. The molecule has 0 spiro atoms. The van der Waals surface area contributed by atoms with Crippen molar-refractivity contribution < 1.29 is 19.1 Å². The molecule has 0 radical (unpaired) electrons. The Morgan fingerprint density at radius 3 is 2.54 bits per heavy atom. The predicted octanol–water partition coefficient (Wildman–Crippen LogP) is 2.79. The lowest BCUT2D eigenvalue weighted by Gasteiger charge is -2.28. The van der Waals surface area contributed by atoms with Crippen LogP contribution in [0.25, 0.3) is 0 Å². The first-order chi connectivity index (χ1) is 11.6. The third kappa shape index (κ3) is 3.71. The number of carbonyl (C=O) groups is 2. The maximum atomic E-state index is 12.1. The van der Waals surface area contributed by atoms with Gasteiger partial charge in [0.1, 0.15) is 5.75 Å². The molecule has 2 saturated carbocycles. The van der Waals surface area contributed by atoms with E-state index >= 15 is 0 Å². The SMILES string of the molecule is COC(=O)c1ccc(OCC(=O)NC(C)C2CC3CCC2C3)cc1. The van der Waals surface area contributed by atoms with E-state index < -0.39 is 0 Å². The summed E-state index contributed by atoms with van der Waals surface area (Å²) >= 11 is 0. The van der Waals surface area contributed by atoms with E-state index in [0.717, 1.165) is 11.8 Å². The number of fused-ring (bicyclic) bond motifs is 2. The van der Waals surface area contributed by atoms with Crippen LogP contribution in [0.2, 0.25) is 0 Å². The summed E-state index contributed by atoms with van der Waals surface area (Å²) in [4.78, 5) is 23.5. The molecule has 2 aliphatic carbocycles. The fourth-order valence-electron chi connectivity index (χ4n) is 4.26. The van der Waals surface area contributed by atoms with Gasteiger partial charge in [0.25, 0.3) is 5.91 Å². The minimum atomic E-state index is -0.390. The Morgan fingerprint density at radius 2 is 1.96 bits per heavy atom. The van der Waals surface area contributed by atoms with E-state index in [1.165, 1.54) is 32.8 Å². The summed E-state index contributed by atoms with van der Waals surface area (Å²) in [6.45, 7) is 2.09. The topological polar surface area (TPSA) is 64.6 Å². The minimum absolute atomic E-state index is 0.0112. The van der Waals surface area contributed by atoms with Gasteiger partial charge in [-0.25, -0.2) is 4.79 Å². The van der Waals surface area contributed by atoms with Crippen LogP contribution >= 0.6 is 0 Å². The highest BCUT2D eigenvalue weighted by atomic mass is 16.5. The molecule has 0 saturated heterocycles. The van der Waals surface area contributed by atoms with Crippen molar-refractivity contribution >= 4 is 11.9 Å². The zero-order valence-corrected chi connectivity index (χ0v) is 14.3. The quantitative estimate of drug-likeness (QED) is 0.814. The van der Waals surface area contributed by atoms with Gasteiger partial charge < -0.3 is 14.8 Å². The first-order valence-corrected chi connectivity index (χ1v) is 8.67. The van der Waals surface area contributed by atoms with Crippen molar-refractivity contribution in [3.8, 4) is 5.75 Å². The summed E-state index contributed by atoms with van der Waals surface area (Å²) in [6.07, 6.45) is 5.28. The van der Waals surface area contributed by atoms with Gasteiger partial charge in [-0.2, -0.15) is 0 Å². The van der Waals surface area contributed by atoms with Crippen LogP contribution in [0.4, 0.5) is 0 Å². The van der Waals surface area contributed by atoms with Gasteiger partial charge in [-0.1, -0.05) is 6.42 Å². The second-order valence-corrected chi connectivity index (χ2v) is 7.00. The summed E-state index contributed by atoms with van der Waals surface area (Å²) in [5, 5.41) is 3.08. The minimum Gasteiger partial charge on any atom is -0.484 e. The number of rotatable bonds is 6. The molecular weight excluding hydrogens is 306 g/mol. The number of benzene rings is 1. The molecule has 130 valence electrons. The van der Waals surface area contributed by atoms with Crippen molar-refractivity contribution in [2.75, 3.05) is 13.7 Å². The van der Waals surface area contributed by atoms with Crippen molar-refractivity contribution in [3.05, 3.63) is 29.8 Å². The van der Waals surface area contributed by atoms with E-state index in [1.807, 2.05) is 0 Å². The number of amides is 1. The molecule has 1 N–H and O–H groups in total. The Balaban J connectivity index is 1.44. The average molecular weight is 331 g/mol. The standard InChI is InChI=1S/C19H25NO4/c1-12(17-10-13-3-4-15(17)9-13)20-18(21)11-24-16-7-5-14(6-8-16)19(22)23-2/h5-8,12-13,15,17H,3-4,9-11H2,1-2H3,(H,20,21). The molecule has 0 heterocycles. The van der Waals surface area contributed by atoms with E-state index in [0.29, 0.717) is 17.2 Å². The van der Waals surface area contributed by atoms with Crippen molar-refractivity contribution in [1.82, 2.24) is 5.32 Å². The maximum Gasteiger partial charge on any atom is 0.337 e. The van der Waals surface area contributed by atoms with Gasteiger partial charge >= 0.3 is 5.97 Å². The Morgan fingerprint density at radius 1 is 1.21 bits per heavy atom. The van der Waals surface area contributed by atoms with Gasteiger partial charge in [0.2, 0.25) is 0 Å². The molecule has 2 aliphatic rings. The van der Waals surface area contributed by atoms with Crippen molar-refractivity contribution in [2.24, 2.45) is 17.8 Å². The average Bonchev–Trinajstić information content (AvgIpc) is 3.23. The first kappa shape index (κ1) is 16.8. The summed E-state index contributed by atoms with van der Waals surface area (Å²) in [6, 6.07) is 6.78. The van der Waals surface area contributed by atoms with Gasteiger partial charge in [-0.15, -0.1) is 0 Å². The number of carbonyl (C=O) groups excluding carboxylic acids is 2. The predicted molar refractivity (Wildman–Crippen MR) is 89.8 cm³/mol. The Bertz CT molecular complexity index is 598. The molecule has 4 atom stereocenters. The fraction of sp³-hybridized carbons (Fsp3) is 0.579. The van der Waals surface area contributed by atoms with E-state index in [-0.39, 0.29) is 24.5 Å². The van der Waals surface area contributed by atoms with Gasteiger partial charge in [-0.3, -0.25) is 4.79 Å². The lowest BCUT2D eigenvalue weighted by molar-refractivity contribution is -0.124. The molecule has 0 aliphatic heterocycles. The van der Waals surface area contributed by atoms with Crippen molar-refractivity contribution in [3.63, 3.8) is 0 Å². The number of nitrogens with one attached hydrogen (secondary N) is 1. The molecular formula is C19H25NO4. The second-order valence-electron chi connectivity index (χ2n) is 7.00. The van der Waals surface area contributed by atoms with E-state index in [2.05, 4.69) is 17.0 Å². The normalized spacial score (nSPS) is 26.0. The molecule has 2 fully saturated rings. The van der Waals surface area contributed by atoms with Crippen LogP contribution < -0.4 is 10.1 Å². The lowest BCUT2D eigenvalue weighted by atomic mass is 9.84. The smallest absolute Gasteiger partial charge is 0.337 e. The summed E-state index contributed by atoms with van der Waals surface area (Å²) in [7, 11) is 1.34. The van der Waals surface area contributed by atoms with Gasteiger partial charge in [-0.05, 0) is 68.2 Å². The highest BCUT2D eigenvalue weighted by molar-refractivity contribution is 5.89. The molecule has 5 nitrogen and oxygen atoms in total. The van der Waals surface area contributed by atoms with Crippen LogP contribution in [0.5, 0.6) is 5.75 Å². The van der Waals surface area contributed by atoms with Crippen molar-refractivity contribution in [1.29, 1.82) is 0 Å². The number of esters is 1. The lowest BCUT2D eigenvalue weighted by Crippen LogP contribution is -2.42. The van der Waals surface area contributed by atoms with Gasteiger partial charge in [0.05, 0.1) is 12.7 Å². The number of hydrogen-bond donors (Lipinski definition) is 1. The molecule has 5 heteroatoms. The molecule has 3 rings (SSSR count). The maximum absolute atomic E-state index is 12.1. The van der Waals surface area contributed by atoms with Crippen molar-refractivity contribution in [2.45, 2.75) is 38.6 Å². The van der Waals surface area contributed by atoms with Gasteiger partial charge in [0, 0.05) is 6.04 Å². The van der Waals surface area contributed by atoms with E-state index in [4.69, 9.17) is 4.74 Å². The Hall–Kier alpha value is -2.04. The number of hydrogen-bond acceptors (Lipinski definition) is 4. The molecule has 1 aromatic rings. The van der Waals surface area contributed by atoms with E-state index in [1.54, 1.807) is 24.3 Å². The molecule has 1 amide bonds. The third-order valence-electron chi connectivity index (χ3n) is 5.47. The van der Waals surface area contributed by atoms with Crippen LogP contribution in [-0.2, 0) is 9.53 Å². The first-order valence-electron chi connectivity index (χ1n) is 8.67. The highest BCUT2D eigenvalue weighted by Crippen LogP contribution is 2.49. The third-order valence-corrected chi connectivity index (χ3v) is 5.47. The van der Waals surface area contributed by atoms with Crippen LogP contribution in [0, 0.1) is 17.8 Å². The monoisotopic (exact) mass is 331 g/mol.